The molecule has 1 aromatic carbocycles. The zero-order valence-electron chi connectivity index (χ0n) is 10.4. The van der Waals surface area contributed by atoms with Gasteiger partial charge in [0.1, 0.15) is 17.7 Å². The second-order valence-electron chi connectivity index (χ2n) is 4.76. The molecule has 1 heterocycles. The SMILES string of the molecule is CCC(CC)C1CC(N)c2cc(F)ccc2O1. The Labute approximate surface area is 102 Å². The molecule has 2 nitrogen and oxygen atoms in total. The quantitative estimate of drug-likeness (QED) is 0.874. The van der Waals surface area contributed by atoms with Gasteiger partial charge in [-0.2, -0.15) is 0 Å². The molecule has 1 aliphatic heterocycles. The van der Waals surface area contributed by atoms with Crippen LogP contribution < -0.4 is 10.5 Å². The minimum Gasteiger partial charge on any atom is -0.490 e. The molecule has 0 saturated carbocycles. The summed E-state index contributed by atoms with van der Waals surface area (Å²) in [5.74, 6) is 1.03. The topological polar surface area (TPSA) is 35.2 Å². The lowest BCUT2D eigenvalue weighted by Crippen LogP contribution is -2.35. The van der Waals surface area contributed by atoms with E-state index in [0.29, 0.717) is 5.92 Å². The lowest BCUT2D eigenvalue weighted by molar-refractivity contribution is 0.0941. The lowest BCUT2D eigenvalue weighted by Gasteiger charge is -2.34. The van der Waals surface area contributed by atoms with Crippen molar-refractivity contribution in [2.45, 2.75) is 45.3 Å². The standard InChI is InChI=1S/C14H20FNO/c1-3-9(4-2)14-8-12(16)11-7-10(15)5-6-13(11)17-14/h5-7,9,12,14H,3-4,8,16H2,1-2H3. The molecule has 0 spiro atoms. The van der Waals surface area contributed by atoms with E-state index in [2.05, 4.69) is 13.8 Å². The van der Waals surface area contributed by atoms with E-state index in [1.165, 1.54) is 12.1 Å². The van der Waals surface area contributed by atoms with Crippen LogP contribution in [0.5, 0.6) is 5.75 Å². The molecule has 17 heavy (non-hydrogen) atoms. The van der Waals surface area contributed by atoms with Crippen molar-refractivity contribution < 1.29 is 9.13 Å². The van der Waals surface area contributed by atoms with Gasteiger partial charge in [-0.15, -0.1) is 0 Å². The van der Waals surface area contributed by atoms with Crippen LogP contribution in [0.4, 0.5) is 4.39 Å². The minimum atomic E-state index is -0.246. The van der Waals surface area contributed by atoms with E-state index >= 15 is 0 Å². The Balaban J connectivity index is 2.24. The average Bonchev–Trinajstić information content (AvgIpc) is 2.32. The molecule has 2 atom stereocenters. The summed E-state index contributed by atoms with van der Waals surface area (Å²) in [6.45, 7) is 4.34. The minimum absolute atomic E-state index is 0.111. The first-order chi connectivity index (χ1) is 8.15. The Morgan fingerprint density at radius 3 is 2.76 bits per heavy atom. The molecule has 2 N–H and O–H groups in total. The van der Waals surface area contributed by atoms with Crippen molar-refractivity contribution in [2.75, 3.05) is 0 Å². The van der Waals surface area contributed by atoms with Crippen LogP contribution in [0.25, 0.3) is 0 Å². The fourth-order valence-corrected chi connectivity index (χ4v) is 2.61. The number of fused-ring (bicyclic) bond motifs is 1. The lowest BCUT2D eigenvalue weighted by atomic mass is 9.87. The first-order valence-electron chi connectivity index (χ1n) is 6.37. The number of hydrogen-bond donors (Lipinski definition) is 1. The van der Waals surface area contributed by atoms with Crippen LogP contribution in [0.3, 0.4) is 0 Å². The first kappa shape index (κ1) is 12.4. The summed E-state index contributed by atoms with van der Waals surface area (Å²) in [4.78, 5) is 0. The van der Waals surface area contributed by atoms with Crippen LogP contribution in [-0.2, 0) is 0 Å². The van der Waals surface area contributed by atoms with Crippen LogP contribution in [0, 0.1) is 11.7 Å². The zero-order valence-corrected chi connectivity index (χ0v) is 10.4. The van der Waals surface area contributed by atoms with Crippen LogP contribution in [0.15, 0.2) is 18.2 Å². The summed E-state index contributed by atoms with van der Waals surface area (Å²) >= 11 is 0. The molecule has 0 fully saturated rings. The monoisotopic (exact) mass is 237 g/mol. The van der Waals surface area contributed by atoms with Crippen molar-refractivity contribution in [1.82, 2.24) is 0 Å². The highest BCUT2D eigenvalue weighted by atomic mass is 19.1. The van der Waals surface area contributed by atoms with E-state index in [4.69, 9.17) is 10.5 Å². The smallest absolute Gasteiger partial charge is 0.124 e. The molecule has 0 amide bonds. The summed E-state index contributed by atoms with van der Waals surface area (Å²) in [5.41, 5.74) is 6.90. The highest BCUT2D eigenvalue weighted by Crippen LogP contribution is 2.37. The van der Waals surface area contributed by atoms with Crippen LogP contribution in [0.1, 0.15) is 44.7 Å². The van der Waals surface area contributed by atoms with E-state index in [9.17, 15) is 4.39 Å². The second kappa shape index (κ2) is 5.05. The fraction of sp³-hybridized carbons (Fsp3) is 0.571. The Hall–Kier alpha value is -1.09. The summed E-state index contributed by atoms with van der Waals surface area (Å²) < 4.78 is 19.1. The van der Waals surface area contributed by atoms with Gasteiger partial charge in [0.15, 0.2) is 0 Å². The molecule has 0 aromatic heterocycles. The summed E-state index contributed by atoms with van der Waals surface area (Å²) in [5, 5.41) is 0. The van der Waals surface area contributed by atoms with Gasteiger partial charge in [0, 0.05) is 18.0 Å². The van der Waals surface area contributed by atoms with Gasteiger partial charge in [-0.1, -0.05) is 13.8 Å². The number of rotatable bonds is 3. The average molecular weight is 237 g/mol. The van der Waals surface area contributed by atoms with Crippen LogP contribution in [0.2, 0.25) is 0 Å². The molecule has 0 aliphatic carbocycles. The Morgan fingerprint density at radius 2 is 2.12 bits per heavy atom. The number of ether oxygens (including phenoxy) is 1. The van der Waals surface area contributed by atoms with Gasteiger partial charge in [-0.25, -0.2) is 4.39 Å². The van der Waals surface area contributed by atoms with Gasteiger partial charge < -0.3 is 10.5 Å². The number of benzene rings is 1. The number of nitrogens with two attached hydrogens (primary N) is 1. The molecule has 0 saturated heterocycles. The molecule has 2 rings (SSSR count). The Morgan fingerprint density at radius 1 is 1.41 bits per heavy atom. The van der Waals surface area contributed by atoms with Gasteiger partial charge in [-0.05, 0) is 37.0 Å². The highest BCUT2D eigenvalue weighted by molar-refractivity contribution is 5.38. The van der Waals surface area contributed by atoms with Gasteiger partial charge >= 0.3 is 0 Å². The van der Waals surface area contributed by atoms with E-state index < -0.39 is 0 Å². The van der Waals surface area contributed by atoms with Crippen molar-refractivity contribution in [2.24, 2.45) is 11.7 Å². The summed E-state index contributed by atoms with van der Waals surface area (Å²) in [6, 6.07) is 4.50. The maximum absolute atomic E-state index is 13.1. The van der Waals surface area contributed by atoms with Gasteiger partial charge in [0.2, 0.25) is 0 Å². The predicted molar refractivity (Wildman–Crippen MR) is 66.4 cm³/mol. The third-order valence-electron chi connectivity index (χ3n) is 3.71. The van der Waals surface area contributed by atoms with Gasteiger partial charge in [-0.3, -0.25) is 0 Å². The molecule has 2 unspecified atom stereocenters. The van der Waals surface area contributed by atoms with Gasteiger partial charge in [0.05, 0.1) is 0 Å². The normalized spacial score (nSPS) is 23.4. The zero-order chi connectivity index (χ0) is 12.4. The van der Waals surface area contributed by atoms with E-state index in [-0.39, 0.29) is 18.0 Å². The Kier molecular flexibility index (Phi) is 3.67. The van der Waals surface area contributed by atoms with E-state index in [0.717, 1.165) is 30.6 Å². The van der Waals surface area contributed by atoms with Crippen molar-refractivity contribution in [3.8, 4) is 5.75 Å². The largest absolute Gasteiger partial charge is 0.490 e. The summed E-state index contributed by atoms with van der Waals surface area (Å²) in [7, 11) is 0. The number of halogens is 1. The molecular weight excluding hydrogens is 217 g/mol. The molecule has 0 radical (unpaired) electrons. The van der Waals surface area contributed by atoms with Crippen molar-refractivity contribution in [3.05, 3.63) is 29.6 Å². The third kappa shape index (κ3) is 2.44. The second-order valence-corrected chi connectivity index (χ2v) is 4.76. The maximum atomic E-state index is 13.1. The Bertz CT molecular complexity index is 390. The van der Waals surface area contributed by atoms with E-state index in [1.54, 1.807) is 6.07 Å². The highest BCUT2D eigenvalue weighted by Gasteiger charge is 2.30. The third-order valence-corrected chi connectivity index (χ3v) is 3.71. The number of hydrogen-bond acceptors (Lipinski definition) is 2. The van der Waals surface area contributed by atoms with Crippen molar-refractivity contribution >= 4 is 0 Å². The fourth-order valence-electron chi connectivity index (χ4n) is 2.61. The first-order valence-corrected chi connectivity index (χ1v) is 6.37. The van der Waals surface area contributed by atoms with E-state index in [1.807, 2.05) is 0 Å². The molecule has 0 bridgehead atoms. The molecule has 3 heteroatoms. The molecule has 1 aromatic rings. The molecule has 1 aliphatic rings. The maximum Gasteiger partial charge on any atom is 0.124 e. The van der Waals surface area contributed by atoms with Crippen molar-refractivity contribution in [3.63, 3.8) is 0 Å². The van der Waals surface area contributed by atoms with Gasteiger partial charge in [0.25, 0.3) is 0 Å². The predicted octanol–water partition coefficient (Wildman–Crippen LogP) is 3.41. The summed E-state index contributed by atoms with van der Waals surface area (Å²) in [6.07, 6.45) is 3.12. The molecule has 94 valence electrons. The molecular formula is C14H20FNO. The van der Waals surface area contributed by atoms with Crippen LogP contribution >= 0.6 is 0 Å². The van der Waals surface area contributed by atoms with Crippen LogP contribution in [-0.4, -0.2) is 6.10 Å². The van der Waals surface area contributed by atoms with Crippen molar-refractivity contribution in [1.29, 1.82) is 0 Å².